The van der Waals surface area contributed by atoms with Gasteiger partial charge >= 0.3 is 5.97 Å². The van der Waals surface area contributed by atoms with Gasteiger partial charge in [0, 0.05) is 5.56 Å². The van der Waals surface area contributed by atoms with Gasteiger partial charge in [0.2, 0.25) is 0 Å². The molecule has 33 heavy (non-hydrogen) atoms. The van der Waals surface area contributed by atoms with Gasteiger partial charge in [-0.1, -0.05) is 73.6 Å². The summed E-state index contributed by atoms with van der Waals surface area (Å²) in [7, 11) is 3.03. The Morgan fingerprint density at radius 1 is 1.15 bits per heavy atom. The van der Waals surface area contributed by atoms with Gasteiger partial charge in [0.05, 0.1) is 32.2 Å². The zero-order valence-electron chi connectivity index (χ0n) is 19.5. The third-order valence-electron chi connectivity index (χ3n) is 5.81. The van der Waals surface area contributed by atoms with Crippen LogP contribution in [0.15, 0.2) is 66.0 Å². The first-order chi connectivity index (χ1) is 16.0. The standard InChI is InChI=1S/C26H32N2O5/c1-17(2)24(25(27-32-4)22-14-21(22)18-10-6-5-7-11-18)28-33-15-19-12-8-9-13-20(19)23(16-31-3)26(29)30/h5-13,16-17,21-22,25,27H,14-15H2,1-4H3,(H,29,30)/b23-16+,28-24?/t21-,22+,25?/m0/s1. The molecule has 0 heterocycles. The summed E-state index contributed by atoms with van der Waals surface area (Å²) < 4.78 is 4.95. The third-order valence-corrected chi connectivity index (χ3v) is 5.81. The highest BCUT2D eigenvalue weighted by atomic mass is 16.6. The minimum absolute atomic E-state index is 0.0624. The summed E-state index contributed by atoms with van der Waals surface area (Å²) in [6.07, 6.45) is 2.27. The molecule has 7 nitrogen and oxygen atoms in total. The lowest BCUT2D eigenvalue weighted by atomic mass is 9.95. The van der Waals surface area contributed by atoms with E-state index in [-0.39, 0.29) is 24.1 Å². The van der Waals surface area contributed by atoms with Gasteiger partial charge in [-0.3, -0.25) is 0 Å². The monoisotopic (exact) mass is 452 g/mol. The number of methoxy groups -OCH3 is 1. The molecule has 3 atom stereocenters. The Morgan fingerprint density at radius 2 is 1.85 bits per heavy atom. The Bertz CT molecular complexity index is 987. The quantitative estimate of drug-likeness (QED) is 0.212. The molecule has 1 saturated carbocycles. The van der Waals surface area contributed by atoms with Crippen molar-refractivity contribution in [1.82, 2.24) is 5.48 Å². The Morgan fingerprint density at radius 3 is 2.48 bits per heavy atom. The van der Waals surface area contributed by atoms with E-state index >= 15 is 0 Å². The van der Waals surface area contributed by atoms with Gasteiger partial charge in [0.1, 0.15) is 12.2 Å². The molecule has 176 valence electrons. The largest absolute Gasteiger partial charge is 0.503 e. The highest BCUT2D eigenvalue weighted by molar-refractivity contribution is 6.15. The minimum atomic E-state index is -1.07. The number of carbonyl (C=O) groups is 1. The van der Waals surface area contributed by atoms with Crippen molar-refractivity contribution in [3.05, 3.63) is 77.5 Å². The molecular weight excluding hydrogens is 420 g/mol. The van der Waals surface area contributed by atoms with Gasteiger partial charge in [-0.25, -0.2) is 4.79 Å². The number of rotatable bonds is 12. The number of hydrogen-bond donors (Lipinski definition) is 2. The summed E-state index contributed by atoms with van der Waals surface area (Å²) >= 11 is 0. The number of nitrogens with zero attached hydrogens (tertiary/aromatic N) is 1. The van der Waals surface area contributed by atoms with Crippen LogP contribution in [0.4, 0.5) is 0 Å². The second kappa shape index (κ2) is 11.6. The number of aliphatic carboxylic acids is 1. The van der Waals surface area contributed by atoms with Crippen molar-refractivity contribution >= 4 is 17.3 Å². The number of nitrogens with one attached hydrogen (secondary N) is 1. The molecule has 1 unspecified atom stereocenters. The summed E-state index contributed by atoms with van der Waals surface area (Å²) in [5, 5.41) is 14.0. The fourth-order valence-electron chi connectivity index (χ4n) is 4.11. The molecule has 1 aliphatic carbocycles. The number of hydroxylamine groups is 1. The van der Waals surface area contributed by atoms with Gasteiger partial charge in [-0.2, -0.15) is 5.48 Å². The maximum Gasteiger partial charge on any atom is 0.339 e. The van der Waals surface area contributed by atoms with Crippen LogP contribution in [0, 0.1) is 11.8 Å². The maximum atomic E-state index is 11.7. The summed E-state index contributed by atoms with van der Waals surface area (Å²) in [5.41, 5.74) is 6.60. The van der Waals surface area contributed by atoms with Gasteiger partial charge in [-0.05, 0) is 35.3 Å². The maximum absolute atomic E-state index is 11.7. The average Bonchev–Trinajstić information content (AvgIpc) is 3.60. The minimum Gasteiger partial charge on any atom is -0.503 e. The normalized spacial score (nSPS) is 19.3. The van der Waals surface area contributed by atoms with Crippen molar-refractivity contribution < 1.29 is 24.3 Å². The number of ether oxygens (including phenoxy) is 1. The predicted octanol–water partition coefficient (Wildman–Crippen LogP) is 4.61. The van der Waals surface area contributed by atoms with Crippen LogP contribution in [-0.2, 0) is 25.8 Å². The van der Waals surface area contributed by atoms with Crippen molar-refractivity contribution in [2.45, 2.75) is 38.8 Å². The van der Waals surface area contributed by atoms with Crippen LogP contribution >= 0.6 is 0 Å². The predicted molar refractivity (Wildman–Crippen MR) is 127 cm³/mol. The SMILES string of the molecule is CO/C=C(/C(=O)O)c1ccccc1CON=C(C(C)C)C(NOC)[C@@H]1C[C@H]1c1ccccc1. The molecule has 1 aliphatic rings. The fraction of sp³-hybridized carbons (Fsp3) is 0.385. The lowest BCUT2D eigenvalue weighted by molar-refractivity contribution is -0.130. The topological polar surface area (TPSA) is 89.4 Å². The first kappa shape index (κ1) is 24.5. The van der Waals surface area contributed by atoms with E-state index in [0.717, 1.165) is 12.1 Å². The molecule has 0 aliphatic heterocycles. The van der Waals surface area contributed by atoms with Gasteiger partial charge in [0.15, 0.2) is 0 Å². The van der Waals surface area contributed by atoms with Crippen LogP contribution in [0.1, 0.15) is 42.9 Å². The molecule has 2 N–H and O–H groups in total. The number of hydrogen-bond acceptors (Lipinski definition) is 6. The molecule has 0 bridgehead atoms. The lowest BCUT2D eigenvalue weighted by Gasteiger charge is -2.22. The van der Waals surface area contributed by atoms with E-state index in [1.54, 1.807) is 19.2 Å². The molecule has 3 rings (SSSR count). The molecule has 2 aromatic rings. The van der Waals surface area contributed by atoms with Gasteiger partial charge < -0.3 is 19.5 Å². The fourth-order valence-corrected chi connectivity index (χ4v) is 4.11. The van der Waals surface area contributed by atoms with Crippen LogP contribution in [0.5, 0.6) is 0 Å². The molecule has 0 amide bonds. The van der Waals surface area contributed by atoms with E-state index in [4.69, 9.17) is 14.4 Å². The number of carboxylic acid groups (broad SMARTS) is 1. The molecule has 0 radical (unpaired) electrons. The molecule has 0 saturated heterocycles. The Labute approximate surface area is 195 Å². The van der Waals surface area contributed by atoms with Crippen molar-refractivity contribution in [3.63, 3.8) is 0 Å². The molecule has 0 spiro atoms. The van der Waals surface area contributed by atoms with Crippen LogP contribution in [-0.4, -0.2) is 37.0 Å². The highest BCUT2D eigenvalue weighted by Crippen LogP contribution is 2.50. The van der Waals surface area contributed by atoms with E-state index in [2.05, 4.69) is 48.7 Å². The number of carboxylic acids is 1. The van der Waals surface area contributed by atoms with Crippen LogP contribution in [0.3, 0.4) is 0 Å². The van der Waals surface area contributed by atoms with Crippen molar-refractivity contribution in [2.75, 3.05) is 14.2 Å². The Kier molecular flexibility index (Phi) is 8.63. The van der Waals surface area contributed by atoms with Gasteiger partial charge in [0.25, 0.3) is 0 Å². The molecule has 0 aromatic heterocycles. The van der Waals surface area contributed by atoms with E-state index in [1.165, 1.54) is 18.9 Å². The summed E-state index contributed by atoms with van der Waals surface area (Å²) in [5.74, 6) is -0.137. The Hall–Kier alpha value is -3.16. The van der Waals surface area contributed by atoms with Gasteiger partial charge in [-0.15, -0.1) is 0 Å². The van der Waals surface area contributed by atoms with Crippen LogP contribution < -0.4 is 5.48 Å². The van der Waals surface area contributed by atoms with Crippen LogP contribution in [0.25, 0.3) is 5.57 Å². The summed E-state index contributed by atoms with van der Waals surface area (Å²) in [4.78, 5) is 22.8. The molecule has 7 heteroatoms. The second-order valence-corrected chi connectivity index (χ2v) is 8.39. The van der Waals surface area contributed by atoms with E-state index in [1.807, 2.05) is 18.2 Å². The lowest BCUT2D eigenvalue weighted by Crippen LogP contribution is -2.41. The van der Waals surface area contributed by atoms with Crippen molar-refractivity contribution in [2.24, 2.45) is 17.0 Å². The molecule has 1 fully saturated rings. The summed E-state index contributed by atoms with van der Waals surface area (Å²) in [6.45, 7) is 4.28. The number of benzene rings is 2. The summed E-state index contributed by atoms with van der Waals surface area (Å²) in [6, 6.07) is 17.5. The average molecular weight is 453 g/mol. The van der Waals surface area contributed by atoms with E-state index in [9.17, 15) is 9.90 Å². The Balaban J connectivity index is 1.78. The first-order valence-corrected chi connectivity index (χ1v) is 11.1. The zero-order chi connectivity index (χ0) is 23.8. The smallest absolute Gasteiger partial charge is 0.339 e. The second-order valence-electron chi connectivity index (χ2n) is 8.39. The number of oxime groups is 1. The van der Waals surface area contributed by atoms with Crippen LogP contribution in [0.2, 0.25) is 0 Å². The molecular formula is C26H32N2O5. The van der Waals surface area contributed by atoms with E-state index < -0.39 is 5.97 Å². The van der Waals surface area contributed by atoms with E-state index in [0.29, 0.717) is 23.0 Å². The highest BCUT2D eigenvalue weighted by Gasteiger charge is 2.46. The zero-order valence-corrected chi connectivity index (χ0v) is 19.5. The third kappa shape index (κ3) is 6.21. The molecule has 2 aromatic carbocycles. The van der Waals surface area contributed by atoms with Crippen molar-refractivity contribution in [3.8, 4) is 0 Å². The first-order valence-electron chi connectivity index (χ1n) is 11.1. The van der Waals surface area contributed by atoms with Crippen molar-refractivity contribution in [1.29, 1.82) is 0 Å².